The smallest absolute Gasteiger partial charge is 0.332 e. The zero-order chi connectivity index (χ0) is 11.3. The van der Waals surface area contributed by atoms with Crippen molar-refractivity contribution in [3.63, 3.8) is 0 Å². The maximum absolute atomic E-state index is 11.7. The molecule has 5 heteroatoms. The van der Waals surface area contributed by atoms with Gasteiger partial charge in [0.2, 0.25) is 5.91 Å². The average molecular weight is 225 g/mol. The van der Waals surface area contributed by atoms with Crippen molar-refractivity contribution >= 4 is 11.9 Å². The van der Waals surface area contributed by atoms with E-state index in [1.165, 1.54) is 19.3 Å². The molecule has 88 valence electrons. The third-order valence-electron chi connectivity index (χ3n) is 4.41. The molecule has 0 saturated heterocycles. The number of carbonyl (C=O) groups is 2. The Morgan fingerprint density at radius 1 is 1.25 bits per heavy atom. The van der Waals surface area contributed by atoms with E-state index in [9.17, 15) is 9.59 Å². The van der Waals surface area contributed by atoms with Gasteiger partial charge in [-0.15, -0.1) is 0 Å². The summed E-state index contributed by atoms with van der Waals surface area (Å²) in [6, 6.07) is 0. The summed E-state index contributed by atoms with van der Waals surface area (Å²) in [5.41, 5.74) is 2.25. The molecule has 3 aliphatic rings. The highest BCUT2D eigenvalue weighted by Gasteiger charge is 2.67. The fourth-order valence-corrected chi connectivity index (χ4v) is 3.91. The maximum atomic E-state index is 11.7. The van der Waals surface area contributed by atoms with Crippen LogP contribution >= 0.6 is 0 Å². The van der Waals surface area contributed by atoms with Crippen LogP contribution in [0.15, 0.2) is 0 Å². The second-order valence-electron chi connectivity index (χ2n) is 5.16. The molecule has 0 radical (unpaired) electrons. The van der Waals surface area contributed by atoms with Crippen LogP contribution in [0.25, 0.3) is 0 Å². The Labute approximate surface area is 93.1 Å². The number of hydroxylamine groups is 1. The summed E-state index contributed by atoms with van der Waals surface area (Å²) < 4.78 is 0. The molecule has 3 saturated carbocycles. The predicted octanol–water partition coefficient (Wildman–Crippen LogP) is 0.411. The molecular weight excluding hydrogens is 210 g/mol. The topological polar surface area (TPSA) is 75.6 Å². The van der Waals surface area contributed by atoms with Crippen molar-refractivity contribution in [1.82, 2.24) is 5.48 Å². The third kappa shape index (κ3) is 1.42. The molecule has 4 atom stereocenters. The number of fused-ring (bicyclic) bond motifs is 5. The first-order valence-electron chi connectivity index (χ1n) is 5.82. The lowest BCUT2D eigenvalue weighted by atomic mass is 10.0. The van der Waals surface area contributed by atoms with Crippen molar-refractivity contribution in [1.29, 1.82) is 0 Å². The summed E-state index contributed by atoms with van der Waals surface area (Å²) in [6.45, 7) is -0.472. The van der Waals surface area contributed by atoms with Crippen molar-refractivity contribution in [3.8, 4) is 0 Å². The number of hydrogen-bond donors (Lipinski definition) is 2. The fraction of sp³-hybridized carbons (Fsp3) is 0.818. The zero-order valence-electron chi connectivity index (χ0n) is 8.89. The number of nitrogens with one attached hydrogen (secondary N) is 1. The van der Waals surface area contributed by atoms with Crippen LogP contribution in [0.3, 0.4) is 0 Å². The number of amides is 1. The van der Waals surface area contributed by atoms with E-state index in [4.69, 9.17) is 5.11 Å². The summed E-state index contributed by atoms with van der Waals surface area (Å²) in [7, 11) is 0. The fourth-order valence-electron chi connectivity index (χ4n) is 3.91. The predicted molar refractivity (Wildman–Crippen MR) is 53.0 cm³/mol. The SMILES string of the molecule is O=C(O)CONC(=O)C1C2C3CCC(C3)C12. The Kier molecular flexibility index (Phi) is 2.17. The van der Waals surface area contributed by atoms with E-state index >= 15 is 0 Å². The first kappa shape index (κ1) is 10.1. The molecule has 16 heavy (non-hydrogen) atoms. The van der Waals surface area contributed by atoms with Gasteiger partial charge < -0.3 is 5.11 Å². The molecule has 0 aromatic carbocycles. The monoisotopic (exact) mass is 225 g/mol. The second-order valence-corrected chi connectivity index (χ2v) is 5.16. The molecule has 2 bridgehead atoms. The van der Waals surface area contributed by atoms with E-state index < -0.39 is 12.6 Å². The molecule has 2 N–H and O–H groups in total. The summed E-state index contributed by atoms with van der Waals surface area (Å²) in [5, 5.41) is 8.36. The van der Waals surface area contributed by atoms with Crippen molar-refractivity contribution < 1.29 is 19.5 Å². The van der Waals surface area contributed by atoms with E-state index in [1.54, 1.807) is 0 Å². The quantitative estimate of drug-likeness (QED) is 0.679. The Morgan fingerprint density at radius 3 is 2.44 bits per heavy atom. The van der Waals surface area contributed by atoms with E-state index in [0.29, 0.717) is 11.8 Å². The summed E-state index contributed by atoms with van der Waals surface area (Å²) in [4.78, 5) is 26.5. The number of rotatable bonds is 4. The Hall–Kier alpha value is -1.10. The van der Waals surface area contributed by atoms with E-state index in [2.05, 4.69) is 10.3 Å². The van der Waals surface area contributed by atoms with Gasteiger partial charge in [-0.25, -0.2) is 10.3 Å². The largest absolute Gasteiger partial charge is 0.479 e. The van der Waals surface area contributed by atoms with Gasteiger partial charge in [-0.3, -0.25) is 9.63 Å². The number of carboxylic acids is 1. The Balaban J connectivity index is 1.49. The summed E-state index contributed by atoms with van der Waals surface area (Å²) >= 11 is 0. The molecule has 0 aromatic heterocycles. The van der Waals surface area contributed by atoms with Gasteiger partial charge in [0.25, 0.3) is 0 Å². The van der Waals surface area contributed by atoms with Gasteiger partial charge in [-0.2, -0.15) is 0 Å². The molecule has 0 spiro atoms. The van der Waals surface area contributed by atoms with Crippen molar-refractivity contribution in [2.75, 3.05) is 6.61 Å². The lowest BCUT2D eigenvalue weighted by molar-refractivity contribution is -0.150. The number of aliphatic carboxylic acids is 1. The van der Waals surface area contributed by atoms with Crippen LogP contribution in [-0.4, -0.2) is 23.6 Å². The highest BCUT2D eigenvalue weighted by Crippen LogP contribution is 2.69. The highest BCUT2D eigenvalue weighted by atomic mass is 16.7. The van der Waals surface area contributed by atoms with Crippen molar-refractivity contribution in [2.45, 2.75) is 19.3 Å². The lowest BCUT2D eigenvalue weighted by Gasteiger charge is -2.08. The molecule has 3 fully saturated rings. The first-order chi connectivity index (χ1) is 7.68. The third-order valence-corrected chi connectivity index (χ3v) is 4.41. The van der Waals surface area contributed by atoms with Crippen LogP contribution < -0.4 is 5.48 Å². The van der Waals surface area contributed by atoms with Gasteiger partial charge in [0, 0.05) is 5.92 Å². The van der Waals surface area contributed by atoms with Gasteiger partial charge in [0.15, 0.2) is 6.61 Å². The minimum Gasteiger partial charge on any atom is -0.479 e. The highest BCUT2D eigenvalue weighted by molar-refractivity contribution is 5.82. The normalized spacial score (nSPS) is 42.9. The molecule has 0 heterocycles. The molecule has 0 aromatic rings. The van der Waals surface area contributed by atoms with Gasteiger partial charge in [-0.05, 0) is 42.9 Å². The van der Waals surface area contributed by atoms with Crippen LogP contribution in [0.5, 0.6) is 0 Å². The zero-order valence-corrected chi connectivity index (χ0v) is 8.89. The van der Waals surface area contributed by atoms with Gasteiger partial charge >= 0.3 is 5.97 Å². The standard InChI is InChI=1S/C11H15NO4/c13-7(14)4-16-12-11(15)10-8-5-1-2-6(3-5)9(8)10/h5-6,8-10H,1-4H2,(H,12,15)(H,13,14). The average Bonchev–Trinajstić information content (AvgIpc) is 2.68. The molecule has 0 aliphatic heterocycles. The minimum absolute atomic E-state index is 0.0973. The lowest BCUT2D eigenvalue weighted by Crippen LogP contribution is -2.29. The minimum atomic E-state index is -1.07. The molecular formula is C11H15NO4. The van der Waals surface area contributed by atoms with Crippen LogP contribution in [0.1, 0.15) is 19.3 Å². The van der Waals surface area contributed by atoms with Gasteiger partial charge in [0.1, 0.15) is 0 Å². The van der Waals surface area contributed by atoms with Gasteiger partial charge in [-0.1, -0.05) is 0 Å². The Bertz CT molecular complexity index is 327. The van der Waals surface area contributed by atoms with Crippen LogP contribution in [-0.2, 0) is 14.4 Å². The maximum Gasteiger partial charge on any atom is 0.332 e. The van der Waals surface area contributed by atoms with E-state index in [1.807, 2.05) is 0 Å². The van der Waals surface area contributed by atoms with E-state index in [0.717, 1.165) is 11.8 Å². The molecule has 3 rings (SSSR count). The molecule has 1 amide bonds. The number of carbonyl (C=O) groups excluding carboxylic acids is 1. The molecule has 5 nitrogen and oxygen atoms in total. The Morgan fingerprint density at radius 2 is 1.88 bits per heavy atom. The van der Waals surface area contributed by atoms with Crippen LogP contribution in [0.4, 0.5) is 0 Å². The first-order valence-corrected chi connectivity index (χ1v) is 5.82. The van der Waals surface area contributed by atoms with Crippen LogP contribution in [0, 0.1) is 29.6 Å². The van der Waals surface area contributed by atoms with Gasteiger partial charge in [0.05, 0.1) is 0 Å². The summed E-state index contributed by atoms with van der Waals surface area (Å²) in [6.07, 6.45) is 3.84. The van der Waals surface area contributed by atoms with Crippen molar-refractivity contribution in [2.24, 2.45) is 29.6 Å². The number of carboxylic acid groups (broad SMARTS) is 1. The molecule has 4 unspecified atom stereocenters. The summed E-state index contributed by atoms with van der Waals surface area (Å²) in [5.74, 6) is 1.51. The van der Waals surface area contributed by atoms with E-state index in [-0.39, 0.29) is 11.8 Å². The molecule has 3 aliphatic carbocycles. The van der Waals surface area contributed by atoms with Crippen LogP contribution in [0.2, 0.25) is 0 Å². The second kappa shape index (κ2) is 3.45. The van der Waals surface area contributed by atoms with Crippen molar-refractivity contribution in [3.05, 3.63) is 0 Å². The number of hydrogen-bond acceptors (Lipinski definition) is 3.